The molecule has 5 aromatic heterocycles. The van der Waals surface area contributed by atoms with Crippen molar-refractivity contribution in [1.29, 1.82) is 0 Å². The van der Waals surface area contributed by atoms with E-state index in [9.17, 15) is 0 Å². The topological polar surface area (TPSA) is 78.9 Å². The molecule has 0 bridgehead atoms. The molecule has 0 saturated heterocycles. The molecule has 134 valence electrons. The molecule has 0 aliphatic rings. The van der Waals surface area contributed by atoms with Gasteiger partial charge in [-0.3, -0.25) is 0 Å². The van der Waals surface area contributed by atoms with Crippen LogP contribution >= 0.6 is 0 Å². The van der Waals surface area contributed by atoms with Gasteiger partial charge in [-0.25, -0.2) is 0 Å². The van der Waals surface area contributed by atoms with Gasteiger partial charge in [0.15, 0.2) is 0 Å². The van der Waals surface area contributed by atoms with Crippen LogP contribution in [0.5, 0.6) is 0 Å². The summed E-state index contributed by atoms with van der Waals surface area (Å²) in [5.74, 6) is 0.216. The van der Waals surface area contributed by atoms with Gasteiger partial charge in [0.25, 0.3) is 0 Å². The van der Waals surface area contributed by atoms with Crippen molar-refractivity contribution >= 4 is 0 Å². The van der Waals surface area contributed by atoms with E-state index in [0.717, 1.165) is 34.2 Å². The van der Waals surface area contributed by atoms with Crippen molar-refractivity contribution in [2.45, 2.75) is 11.8 Å². The Balaban J connectivity index is 1.58. The molecule has 0 aromatic carbocycles. The average molecular weight is 355 g/mol. The van der Waals surface area contributed by atoms with Crippen LogP contribution in [0, 0.1) is 0 Å². The third-order valence-corrected chi connectivity index (χ3v) is 5.09. The quantitative estimate of drug-likeness (QED) is 0.293. The molecule has 0 aliphatic heterocycles. The lowest BCUT2D eigenvalue weighted by molar-refractivity contribution is 0.826. The molecule has 5 heterocycles. The molecule has 5 heteroatoms. The molecule has 0 amide bonds. The van der Waals surface area contributed by atoms with Gasteiger partial charge in [0.1, 0.15) is 0 Å². The van der Waals surface area contributed by atoms with E-state index in [2.05, 4.69) is 61.3 Å². The summed E-state index contributed by atoms with van der Waals surface area (Å²) < 4.78 is 0. The Morgan fingerprint density at radius 3 is 1.00 bits per heavy atom. The Hall–Kier alpha value is -3.60. The minimum atomic E-state index is 0.108. The average Bonchev–Trinajstić information content (AvgIpc) is 3.49. The van der Waals surface area contributed by atoms with Crippen molar-refractivity contribution < 1.29 is 0 Å². The number of aromatic amines is 5. The fourth-order valence-electron chi connectivity index (χ4n) is 3.87. The van der Waals surface area contributed by atoms with Gasteiger partial charge in [0.05, 0.1) is 11.8 Å². The van der Waals surface area contributed by atoms with E-state index in [1.165, 1.54) is 0 Å². The minimum absolute atomic E-state index is 0.108. The first-order valence-electron chi connectivity index (χ1n) is 9.12. The summed E-state index contributed by atoms with van der Waals surface area (Å²) in [6, 6.07) is 21.0. The fourth-order valence-corrected chi connectivity index (χ4v) is 3.87. The van der Waals surface area contributed by atoms with Crippen LogP contribution in [0.4, 0.5) is 0 Å². The van der Waals surface area contributed by atoms with Gasteiger partial charge in [-0.1, -0.05) is 0 Å². The monoisotopic (exact) mass is 355 g/mol. The first kappa shape index (κ1) is 15.6. The van der Waals surface area contributed by atoms with E-state index >= 15 is 0 Å². The number of hydrogen-bond donors (Lipinski definition) is 5. The van der Waals surface area contributed by atoms with E-state index in [0.29, 0.717) is 0 Å². The molecule has 5 N–H and O–H groups in total. The summed E-state index contributed by atoms with van der Waals surface area (Å²) in [5, 5.41) is 0. The van der Waals surface area contributed by atoms with Crippen LogP contribution in [0.2, 0.25) is 0 Å². The summed E-state index contributed by atoms with van der Waals surface area (Å²) in [7, 11) is 0. The molecule has 0 atom stereocenters. The van der Waals surface area contributed by atoms with E-state index in [4.69, 9.17) is 0 Å². The Bertz CT molecular complexity index is 909. The van der Waals surface area contributed by atoms with Crippen LogP contribution in [-0.2, 0) is 0 Å². The zero-order valence-electron chi connectivity index (χ0n) is 14.7. The fraction of sp³-hybridized carbons (Fsp3) is 0.0909. The second-order valence-electron chi connectivity index (χ2n) is 6.74. The summed E-state index contributed by atoms with van der Waals surface area (Å²) in [4.78, 5) is 17.1. The second-order valence-corrected chi connectivity index (χ2v) is 6.74. The number of rotatable bonds is 6. The van der Waals surface area contributed by atoms with Crippen LogP contribution in [0.3, 0.4) is 0 Å². The molecule has 0 spiro atoms. The second kappa shape index (κ2) is 6.61. The Morgan fingerprint density at radius 1 is 0.407 bits per heavy atom. The van der Waals surface area contributed by atoms with Crippen molar-refractivity contribution in [3.8, 4) is 0 Å². The number of nitrogens with one attached hydrogen (secondary N) is 5. The Kier molecular flexibility index (Phi) is 3.83. The predicted octanol–water partition coefficient (Wildman–Crippen LogP) is 4.69. The van der Waals surface area contributed by atoms with Crippen molar-refractivity contribution in [3.05, 3.63) is 120 Å². The first-order chi connectivity index (χ1) is 13.4. The van der Waals surface area contributed by atoms with Crippen LogP contribution < -0.4 is 0 Å². The zero-order valence-corrected chi connectivity index (χ0v) is 14.7. The molecule has 0 radical (unpaired) electrons. The summed E-state index contributed by atoms with van der Waals surface area (Å²) >= 11 is 0. The van der Waals surface area contributed by atoms with Gasteiger partial charge >= 0.3 is 0 Å². The summed E-state index contributed by atoms with van der Waals surface area (Å²) in [5.41, 5.74) is 6.92. The molecule has 0 unspecified atom stereocenters. The maximum absolute atomic E-state index is 3.69. The van der Waals surface area contributed by atoms with Crippen LogP contribution in [0.25, 0.3) is 0 Å². The molecule has 5 aromatic rings. The van der Waals surface area contributed by atoms with Gasteiger partial charge in [0.2, 0.25) is 0 Å². The highest BCUT2D eigenvalue weighted by Crippen LogP contribution is 2.34. The van der Waals surface area contributed by atoms with Gasteiger partial charge in [-0.15, -0.1) is 0 Å². The van der Waals surface area contributed by atoms with Crippen LogP contribution in [-0.4, -0.2) is 24.9 Å². The van der Waals surface area contributed by atoms with E-state index < -0.39 is 0 Å². The standard InChI is InChI=1S/C22H21N5/c1-5-15(23-11-1)21(16-6-2-12-24-16)19-9-10-20(27-19)22(17-7-3-13-25-17)18-8-4-14-26-18/h1-14,21-27H. The van der Waals surface area contributed by atoms with Crippen molar-refractivity contribution in [2.24, 2.45) is 0 Å². The SMILES string of the molecule is c1c[nH]c(C(c2ccc[nH]2)c2ccc(C(c3ccc[nH]3)c3ccc[nH]3)[nH]2)c1. The summed E-state index contributed by atoms with van der Waals surface area (Å²) in [6.45, 7) is 0. The molecular formula is C22H21N5. The summed E-state index contributed by atoms with van der Waals surface area (Å²) in [6.07, 6.45) is 7.87. The largest absolute Gasteiger partial charge is 0.364 e. The molecule has 27 heavy (non-hydrogen) atoms. The van der Waals surface area contributed by atoms with Gasteiger partial charge in [0, 0.05) is 59.0 Å². The van der Waals surface area contributed by atoms with Gasteiger partial charge in [-0.2, -0.15) is 0 Å². The highest BCUT2D eigenvalue weighted by atomic mass is 14.8. The number of aromatic nitrogens is 5. The van der Waals surface area contributed by atoms with Crippen molar-refractivity contribution in [2.75, 3.05) is 0 Å². The maximum Gasteiger partial charge on any atom is 0.0791 e. The molecule has 5 nitrogen and oxygen atoms in total. The molecule has 0 aliphatic carbocycles. The zero-order chi connectivity index (χ0) is 18.1. The van der Waals surface area contributed by atoms with Crippen molar-refractivity contribution in [3.63, 3.8) is 0 Å². The third-order valence-electron chi connectivity index (χ3n) is 5.09. The minimum Gasteiger partial charge on any atom is -0.364 e. The predicted molar refractivity (Wildman–Crippen MR) is 106 cm³/mol. The maximum atomic E-state index is 3.69. The smallest absolute Gasteiger partial charge is 0.0791 e. The van der Waals surface area contributed by atoms with Crippen molar-refractivity contribution in [1.82, 2.24) is 24.9 Å². The first-order valence-corrected chi connectivity index (χ1v) is 9.12. The van der Waals surface area contributed by atoms with Gasteiger partial charge in [-0.05, 0) is 60.7 Å². The molecule has 5 rings (SSSR count). The number of H-pyrrole nitrogens is 5. The van der Waals surface area contributed by atoms with Gasteiger partial charge < -0.3 is 24.9 Å². The van der Waals surface area contributed by atoms with E-state index in [1.54, 1.807) is 0 Å². The molecule has 0 fully saturated rings. The molecular weight excluding hydrogens is 334 g/mol. The molecule has 0 saturated carbocycles. The third kappa shape index (κ3) is 2.83. The Morgan fingerprint density at radius 2 is 0.741 bits per heavy atom. The highest BCUT2D eigenvalue weighted by molar-refractivity contribution is 5.40. The lowest BCUT2D eigenvalue weighted by Gasteiger charge is -2.16. The normalized spacial score (nSPS) is 11.6. The lowest BCUT2D eigenvalue weighted by Crippen LogP contribution is -2.07. The van der Waals surface area contributed by atoms with E-state index in [-0.39, 0.29) is 11.8 Å². The lowest BCUT2D eigenvalue weighted by atomic mass is 9.98. The van der Waals surface area contributed by atoms with Crippen LogP contribution in [0.15, 0.2) is 85.5 Å². The van der Waals surface area contributed by atoms with Crippen LogP contribution in [0.1, 0.15) is 46.0 Å². The highest BCUT2D eigenvalue weighted by Gasteiger charge is 2.24. The van der Waals surface area contributed by atoms with E-state index in [1.807, 2.05) is 49.1 Å². The number of hydrogen-bond acceptors (Lipinski definition) is 0. The Labute approximate surface area is 156 Å².